The van der Waals surface area contributed by atoms with Gasteiger partial charge in [0.25, 0.3) is 0 Å². The Morgan fingerprint density at radius 3 is 2.88 bits per heavy atom. The van der Waals surface area contributed by atoms with E-state index in [9.17, 15) is 0 Å². The normalized spacial score (nSPS) is 12.7. The van der Waals surface area contributed by atoms with Gasteiger partial charge in [-0.2, -0.15) is 0 Å². The van der Waals surface area contributed by atoms with Gasteiger partial charge in [-0.05, 0) is 46.1 Å². The van der Waals surface area contributed by atoms with Crippen LogP contribution in [0.3, 0.4) is 0 Å². The zero-order valence-electron chi connectivity index (χ0n) is 8.77. The topological polar surface area (TPSA) is 50.9 Å². The van der Waals surface area contributed by atoms with Gasteiger partial charge in [0, 0.05) is 17.3 Å². The van der Waals surface area contributed by atoms with Crippen molar-refractivity contribution in [2.45, 2.75) is 13.0 Å². The second kappa shape index (κ2) is 5.05. The van der Waals surface area contributed by atoms with Crippen molar-refractivity contribution in [1.82, 2.24) is 10.4 Å². The van der Waals surface area contributed by atoms with Crippen LogP contribution in [0.1, 0.15) is 22.0 Å². The lowest BCUT2D eigenvalue weighted by Crippen LogP contribution is -2.28. The molecule has 3 nitrogen and oxygen atoms in total. The quantitative estimate of drug-likeness (QED) is 0.677. The molecule has 0 aromatic carbocycles. The summed E-state index contributed by atoms with van der Waals surface area (Å²) in [6, 6.07) is 6.06. The van der Waals surface area contributed by atoms with E-state index in [1.165, 1.54) is 10.4 Å². The monoisotopic (exact) mass is 297 g/mol. The summed E-state index contributed by atoms with van der Waals surface area (Å²) in [6.45, 7) is 2.07. The molecule has 2 rings (SSSR count). The Kier molecular flexibility index (Phi) is 3.70. The SMILES string of the molecule is Cc1cc(C(NN)c2cccnc2)sc1Br. The van der Waals surface area contributed by atoms with E-state index in [0.29, 0.717) is 0 Å². The van der Waals surface area contributed by atoms with E-state index >= 15 is 0 Å². The highest BCUT2D eigenvalue weighted by atomic mass is 79.9. The van der Waals surface area contributed by atoms with E-state index in [0.717, 1.165) is 9.35 Å². The second-order valence-electron chi connectivity index (χ2n) is 3.49. The molecule has 84 valence electrons. The molecule has 16 heavy (non-hydrogen) atoms. The highest BCUT2D eigenvalue weighted by molar-refractivity contribution is 9.11. The van der Waals surface area contributed by atoms with E-state index in [4.69, 9.17) is 5.84 Å². The first-order valence-electron chi connectivity index (χ1n) is 4.84. The molecular weight excluding hydrogens is 286 g/mol. The van der Waals surface area contributed by atoms with E-state index in [1.54, 1.807) is 17.5 Å². The van der Waals surface area contributed by atoms with Gasteiger partial charge in [-0.1, -0.05) is 6.07 Å². The number of halogens is 1. The molecule has 1 atom stereocenters. The zero-order valence-corrected chi connectivity index (χ0v) is 11.2. The van der Waals surface area contributed by atoms with E-state index in [-0.39, 0.29) is 6.04 Å². The van der Waals surface area contributed by atoms with E-state index in [1.807, 2.05) is 18.3 Å². The van der Waals surface area contributed by atoms with Crippen LogP contribution in [0.15, 0.2) is 34.4 Å². The maximum Gasteiger partial charge on any atom is 0.0817 e. The van der Waals surface area contributed by atoms with Gasteiger partial charge in [-0.25, -0.2) is 5.43 Å². The van der Waals surface area contributed by atoms with Crippen LogP contribution in [0.4, 0.5) is 0 Å². The zero-order chi connectivity index (χ0) is 11.5. The number of pyridine rings is 1. The highest BCUT2D eigenvalue weighted by Crippen LogP contribution is 2.33. The molecule has 0 aliphatic rings. The van der Waals surface area contributed by atoms with Gasteiger partial charge in [0.05, 0.1) is 9.83 Å². The van der Waals surface area contributed by atoms with Crippen LogP contribution < -0.4 is 11.3 Å². The molecule has 3 N–H and O–H groups in total. The second-order valence-corrected chi connectivity index (χ2v) is 5.89. The number of rotatable bonds is 3. The number of nitrogens with one attached hydrogen (secondary N) is 1. The summed E-state index contributed by atoms with van der Waals surface area (Å²) >= 11 is 5.21. The number of nitrogens with zero attached hydrogens (tertiary/aromatic N) is 1. The molecule has 1 unspecified atom stereocenters. The molecule has 2 heterocycles. The number of thiophene rings is 1. The molecule has 0 aliphatic carbocycles. The van der Waals surface area contributed by atoms with Gasteiger partial charge in [-0.15, -0.1) is 11.3 Å². The summed E-state index contributed by atoms with van der Waals surface area (Å²) in [4.78, 5) is 5.29. The highest BCUT2D eigenvalue weighted by Gasteiger charge is 2.15. The van der Waals surface area contributed by atoms with Crippen molar-refractivity contribution < 1.29 is 0 Å². The van der Waals surface area contributed by atoms with Gasteiger partial charge < -0.3 is 0 Å². The van der Waals surface area contributed by atoms with Gasteiger partial charge in [-0.3, -0.25) is 10.8 Å². The fourth-order valence-corrected chi connectivity index (χ4v) is 3.17. The Morgan fingerprint density at radius 1 is 1.56 bits per heavy atom. The van der Waals surface area contributed by atoms with Gasteiger partial charge in [0.2, 0.25) is 0 Å². The van der Waals surface area contributed by atoms with Crippen LogP contribution in [-0.2, 0) is 0 Å². The predicted octanol–water partition coefficient (Wildman–Crippen LogP) is 2.77. The van der Waals surface area contributed by atoms with Crippen LogP contribution in [0.2, 0.25) is 0 Å². The van der Waals surface area contributed by atoms with Crippen molar-refractivity contribution in [3.8, 4) is 0 Å². The molecule has 0 fully saturated rings. The minimum atomic E-state index is 0.00343. The lowest BCUT2D eigenvalue weighted by Gasteiger charge is -2.13. The lowest BCUT2D eigenvalue weighted by atomic mass is 10.1. The first-order valence-corrected chi connectivity index (χ1v) is 6.45. The average molecular weight is 298 g/mol. The minimum absolute atomic E-state index is 0.00343. The van der Waals surface area contributed by atoms with Crippen molar-refractivity contribution in [3.63, 3.8) is 0 Å². The van der Waals surface area contributed by atoms with E-state index < -0.39 is 0 Å². The number of hydrogen-bond donors (Lipinski definition) is 2. The molecule has 0 saturated heterocycles. The summed E-state index contributed by atoms with van der Waals surface area (Å²) in [5.41, 5.74) is 5.12. The van der Waals surface area contributed by atoms with Gasteiger partial charge >= 0.3 is 0 Å². The van der Waals surface area contributed by atoms with Crippen LogP contribution >= 0.6 is 27.3 Å². The Labute approximate surface area is 107 Å². The van der Waals surface area contributed by atoms with Crippen LogP contribution in [0.5, 0.6) is 0 Å². The maximum atomic E-state index is 5.61. The van der Waals surface area contributed by atoms with Crippen LogP contribution in [-0.4, -0.2) is 4.98 Å². The number of nitrogens with two attached hydrogens (primary N) is 1. The van der Waals surface area contributed by atoms with E-state index in [2.05, 4.69) is 39.3 Å². The summed E-state index contributed by atoms with van der Waals surface area (Å²) in [6.07, 6.45) is 3.58. The summed E-state index contributed by atoms with van der Waals surface area (Å²) < 4.78 is 1.15. The average Bonchev–Trinajstić information content (AvgIpc) is 2.61. The molecule has 2 aromatic heterocycles. The third-order valence-corrected chi connectivity index (χ3v) is 4.55. The first-order chi connectivity index (χ1) is 7.72. The molecule has 0 saturated carbocycles. The smallest absolute Gasteiger partial charge is 0.0817 e. The third kappa shape index (κ3) is 2.32. The summed E-state index contributed by atoms with van der Waals surface area (Å²) in [5, 5.41) is 0. The van der Waals surface area contributed by atoms with Crippen molar-refractivity contribution >= 4 is 27.3 Å². The molecule has 5 heteroatoms. The largest absolute Gasteiger partial charge is 0.271 e. The molecular formula is C11H12BrN3S. The fraction of sp³-hybridized carbons (Fsp3) is 0.182. The third-order valence-electron chi connectivity index (χ3n) is 2.35. The first kappa shape index (κ1) is 11.7. The number of hydrogen-bond acceptors (Lipinski definition) is 4. The summed E-state index contributed by atoms with van der Waals surface area (Å²) in [7, 11) is 0. The van der Waals surface area contributed by atoms with Gasteiger partial charge in [0.15, 0.2) is 0 Å². The summed E-state index contributed by atoms with van der Waals surface area (Å²) in [5.74, 6) is 5.61. The maximum absolute atomic E-state index is 5.61. The number of aromatic nitrogens is 1. The Morgan fingerprint density at radius 2 is 2.38 bits per heavy atom. The molecule has 0 aliphatic heterocycles. The van der Waals surface area contributed by atoms with Crippen molar-refractivity contribution in [2.75, 3.05) is 0 Å². The lowest BCUT2D eigenvalue weighted by molar-refractivity contribution is 0.644. The fourth-order valence-electron chi connectivity index (χ4n) is 1.52. The number of hydrazine groups is 1. The Hall–Kier alpha value is -0.750. The van der Waals surface area contributed by atoms with Crippen molar-refractivity contribution in [1.29, 1.82) is 0 Å². The Balaban J connectivity index is 2.37. The van der Waals surface area contributed by atoms with Gasteiger partial charge in [0.1, 0.15) is 0 Å². The van der Waals surface area contributed by atoms with Crippen LogP contribution in [0.25, 0.3) is 0 Å². The molecule has 0 amide bonds. The Bertz CT molecular complexity index is 450. The van der Waals surface area contributed by atoms with Crippen molar-refractivity contribution in [3.05, 3.63) is 50.4 Å². The standard InChI is InChI=1S/C11H12BrN3S/c1-7-5-9(16-11(7)12)10(15-13)8-3-2-4-14-6-8/h2-6,10,15H,13H2,1H3. The number of aryl methyl sites for hydroxylation is 1. The minimum Gasteiger partial charge on any atom is -0.271 e. The molecule has 2 aromatic rings. The molecule has 0 spiro atoms. The predicted molar refractivity (Wildman–Crippen MR) is 70.2 cm³/mol. The molecule has 0 bridgehead atoms. The molecule has 0 radical (unpaired) electrons. The van der Waals surface area contributed by atoms with Crippen molar-refractivity contribution in [2.24, 2.45) is 5.84 Å². The van der Waals surface area contributed by atoms with Crippen LogP contribution in [0, 0.1) is 6.92 Å².